The predicted molar refractivity (Wildman–Crippen MR) is 76.6 cm³/mol. The maximum Gasteiger partial charge on any atom is 0.228 e. The second-order valence-electron chi connectivity index (χ2n) is 4.64. The van der Waals surface area contributed by atoms with Crippen molar-refractivity contribution in [2.24, 2.45) is 5.92 Å². The first-order chi connectivity index (χ1) is 9.55. The molecule has 0 saturated carbocycles. The van der Waals surface area contributed by atoms with E-state index in [1.54, 1.807) is 23.1 Å². The summed E-state index contributed by atoms with van der Waals surface area (Å²) in [6, 6.07) is 5.16. The molecule has 20 heavy (non-hydrogen) atoms. The first kappa shape index (κ1) is 13.9. The zero-order chi connectivity index (χ0) is 14.7. The van der Waals surface area contributed by atoms with Gasteiger partial charge in [0, 0.05) is 31.5 Å². The molecule has 1 aliphatic rings. The molecule has 2 amide bonds. The molecule has 1 atom stereocenters. The van der Waals surface area contributed by atoms with E-state index in [1.165, 1.54) is 14.0 Å². The number of terminal acetylenes is 1. The number of methoxy groups -OCH3 is 1. The van der Waals surface area contributed by atoms with Gasteiger partial charge in [-0.2, -0.15) is 0 Å². The highest BCUT2D eigenvalue weighted by Gasteiger charge is 2.31. The quantitative estimate of drug-likeness (QED) is 0.851. The van der Waals surface area contributed by atoms with Gasteiger partial charge in [0.2, 0.25) is 11.8 Å². The molecule has 5 heteroatoms. The van der Waals surface area contributed by atoms with Crippen molar-refractivity contribution in [3.63, 3.8) is 0 Å². The lowest BCUT2D eigenvalue weighted by molar-refractivity contribution is -0.117. The number of carbonyl (C=O) groups is 2. The maximum absolute atomic E-state index is 12.0. The molecule has 0 aliphatic carbocycles. The van der Waals surface area contributed by atoms with E-state index in [0.29, 0.717) is 30.1 Å². The van der Waals surface area contributed by atoms with Crippen LogP contribution in [0.2, 0.25) is 0 Å². The molecule has 1 aliphatic heterocycles. The standard InChI is InChI=1S/C15H16N2O3/c1-4-11-7-15(19)17(9-11)13-8-12(16-10(2)18)5-6-14(13)20-3/h1,5-6,8,11H,7,9H2,2-3H3,(H,16,18). The molecule has 1 N–H and O–H groups in total. The van der Waals surface area contributed by atoms with Gasteiger partial charge in [0.05, 0.1) is 12.8 Å². The smallest absolute Gasteiger partial charge is 0.228 e. The maximum atomic E-state index is 12.0. The lowest BCUT2D eigenvalue weighted by Crippen LogP contribution is -2.25. The molecule has 0 aromatic heterocycles. The fraction of sp³-hybridized carbons (Fsp3) is 0.333. The number of amides is 2. The Labute approximate surface area is 117 Å². The van der Waals surface area contributed by atoms with Gasteiger partial charge in [-0.15, -0.1) is 12.3 Å². The van der Waals surface area contributed by atoms with Crippen LogP contribution in [0.4, 0.5) is 11.4 Å². The molecular weight excluding hydrogens is 256 g/mol. The van der Waals surface area contributed by atoms with Gasteiger partial charge in [0.25, 0.3) is 0 Å². The van der Waals surface area contributed by atoms with Crippen molar-refractivity contribution in [1.29, 1.82) is 0 Å². The first-order valence-electron chi connectivity index (χ1n) is 6.27. The summed E-state index contributed by atoms with van der Waals surface area (Å²) in [5, 5.41) is 2.69. The molecule has 1 aromatic rings. The second kappa shape index (κ2) is 5.66. The average molecular weight is 272 g/mol. The summed E-state index contributed by atoms with van der Waals surface area (Å²) in [7, 11) is 1.54. The number of hydrogen-bond acceptors (Lipinski definition) is 3. The van der Waals surface area contributed by atoms with E-state index in [9.17, 15) is 9.59 Å². The Hall–Kier alpha value is -2.48. The monoisotopic (exact) mass is 272 g/mol. The van der Waals surface area contributed by atoms with Crippen LogP contribution in [0.3, 0.4) is 0 Å². The van der Waals surface area contributed by atoms with Gasteiger partial charge in [-0.3, -0.25) is 9.59 Å². The number of benzene rings is 1. The van der Waals surface area contributed by atoms with E-state index in [0.717, 1.165) is 0 Å². The third kappa shape index (κ3) is 2.75. The van der Waals surface area contributed by atoms with Crippen LogP contribution >= 0.6 is 0 Å². The van der Waals surface area contributed by atoms with Crippen LogP contribution in [0.1, 0.15) is 13.3 Å². The summed E-state index contributed by atoms with van der Waals surface area (Å²) < 4.78 is 5.28. The Bertz CT molecular complexity index is 589. The fourth-order valence-corrected chi connectivity index (χ4v) is 2.23. The number of nitrogens with zero attached hydrogens (tertiary/aromatic N) is 1. The van der Waals surface area contributed by atoms with E-state index in [-0.39, 0.29) is 17.7 Å². The number of hydrogen-bond donors (Lipinski definition) is 1. The Morgan fingerprint density at radius 3 is 2.85 bits per heavy atom. The second-order valence-corrected chi connectivity index (χ2v) is 4.64. The van der Waals surface area contributed by atoms with Crippen LogP contribution in [-0.4, -0.2) is 25.5 Å². The molecule has 0 bridgehead atoms. The van der Waals surface area contributed by atoms with Crippen molar-refractivity contribution in [1.82, 2.24) is 0 Å². The Morgan fingerprint density at radius 2 is 2.30 bits per heavy atom. The molecule has 1 saturated heterocycles. The number of anilines is 2. The van der Waals surface area contributed by atoms with E-state index in [4.69, 9.17) is 11.2 Å². The van der Waals surface area contributed by atoms with Crippen LogP contribution in [0.25, 0.3) is 0 Å². The molecule has 0 spiro atoms. The SMILES string of the molecule is C#CC1CC(=O)N(c2cc(NC(C)=O)ccc2OC)C1. The van der Waals surface area contributed by atoms with Crippen molar-refractivity contribution in [3.05, 3.63) is 18.2 Å². The minimum atomic E-state index is -0.171. The Kier molecular flexibility index (Phi) is 3.94. The van der Waals surface area contributed by atoms with E-state index >= 15 is 0 Å². The predicted octanol–water partition coefficient (Wildman–Crippen LogP) is 1.64. The van der Waals surface area contributed by atoms with Crippen molar-refractivity contribution in [2.45, 2.75) is 13.3 Å². The largest absolute Gasteiger partial charge is 0.495 e. The molecule has 104 valence electrons. The zero-order valence-corrected chi connectivity index (χ0v) is 11.5. The average Bonchev–Trinajstić information content (AvgIpc) is 2.79. The summed E-state index contributed by atoms with van der Waals surface area (Å²) in [5.41, 5.74) is 1.24. The van der Waals surface area contributed by atoms with E-state index in [2.05, 4.69) is 11.2 Å². The summed E-state index contributed by atoms with van der Waals surface area (Å²) in [4.78, 5) is 24.8. The van der Waals surface area contributed by atoms with Gasteiger partial charge in [-0.25, -0.2) is 0 Å². The summed E-state index contributed by atoms with van der Waals surface area (Å²) in [6.07, 6.45) is 5.72. The molecule has 0 radical (unpaired) electrons. The minimum absolute atomic E-state index is 0.0359. The Morgan fingerprint density at radius 1 is 1.55 bits per heavy atom. The highest BCUT2D eigenvalue weighted by molar-refractivity contribution is 5.99. The molecule has 2 rings (SSSR count). The third-order valence-electron chi connectivity index (χ3n) is 3.15. The van der Waals surface area contributed by atoms with Crippen LogP contribution in [0, 0.1) is 18.3 Å². The van der Waals surface area contributed by atoms with Gasteiger partial charge in [-0.1, -0.05) is 0 Å². The van der Waals surface area contributed by atoms with Gasteiger partial charge in [-0.05, 0) is 18.2 Å². The van der Waals surface area contributed by atoms with Crippen molar-refractivity contribution in [3.8, 4) is 18.1 Å². The fourth-order valence-electron chi connectivity index (χ4n) is 2.23. The molecule has 1 aromatic carbocycles. The number of rotatable bonds is 3. The van der Waals surface area contributed by atoms with E-state index in [1.807, 2.05) is 0 Å². The number of nitrogens with one attached hydrogen (secondary N) is 1. The van der Waals surface area contributed by atoms with Crippen molar-refractivity contribution < 1.29 is 14.3 Å². The summed E-state index contributed by atoms with van der Waals surface area (Å²) in [6.45, 7) is 1.90. The van der Waals surface area contributed by atoms with Crippen LogP contribution in [0.15, 0.2) is 18.2 Å². The lowest BCUT2D eigenvalue weighted by Gasteiger charge is -2.20. The normalized spacial score (nSPS) is 17.8. The molecular formula is C15H16N2O3. The molecule has 1 heterocycles. The molecule has 5 nitrogen and oxygen atoms in total. The highest BCUT2D eigenvalue weighted by Crippen LogP contribution is 2.35. The molecule has 1 unspecified atom stereocenters. The summed E-state index contributed by atoms with van der Waals surface area (Å²) in [5.74, 6) is 2.89. The topological polar surface area (TPSA) is 58.6 Å². The minimum Gasteiger partial charge on any atom is -0.495 e. The van der Waals surface area contributed by atoms with E-state index < -0.39 is 0 Å². The van der Waals surface area contributed by atoms with Crippen LogP contribution in [-0.2, 0) is 9.59 Å². The number of carbonyl (C=O) groups excluding carboxylic acids is 2. The lowest BCUT2D eigenvalue weighted by atomic mass is 10.1. The van der Waals surface area contributed by atoms with Gasteiger partial charge in [0.1, 0.15) is 5.75 Å². The van der Waals surface area contributed by atoms with Crippen molar-refractivity contribution in [2.75, 3.05) is 23.9 Å². The highest BCUT2D eigenvalue weighted by atomic mass is 16.5. The third-order valence-corrected chi connectivity index (χ3v) is 3.15. The van der Waals surface area contributed by atoms with Gasteiger partial charge < -0.3 is 15.0 Å². The van der Waals surface area contributed by atoms with Gasteiger partial charge >= 0.3 is 0 Å². The van der Waals surface area contributed by atoms with Crippen molar-refractivity contribution >= 4 is 23.2 Å². The van der Waals surface area contributed by atoms with Gasteiger partial charge in [0.15, 0.2) is 0 Å². The summed E-state index contributed by atoms with van der Waals surface area (Å²) >= 11 is 0. The number of ether oxygens (including phenoxy) is 1. The zero-order valence-electron chi connectivity index (χ0n) is 11.5. The van der Waals surface area contributed by atoms with Crippen LogP contribution < -0.4 is 15.0 Å². The Balaban J connectivity index is 2.36. The first-order valence-corrected chi connectivity index (χ1v) is 6.27. The molecule has 1 fully saturated rings. The van der Waals surface area contributed by atoms with Crippen LogP contribution in [0.5, 0.6) is 5.75 Å².